The van der Waals surface area contributed by atoms with E-state index in [4.69, 9.17) is 0 Å². The van der Waals surface area contributed by atoms with E-state index < -0.39 is 0 Å². The van der Waals surface area contributed by atoms with E-state index in [1.54, 1.807) is 0 Å². The zero-order valence-electron chi connectivity index (χ0n) is 11.5. The number of nitrogens with zero attached hydrogens (tertiary/aromatic N) is 2. The van der Waals surface area contributed by atoms with Gasteiger partial charge in [-0.15, -0.1) is 0 Å². The number of hydrogen-bond donors (Lipinski definition) is 0. The van der Waals surface area contributed by atoms with Crippen LogP contribution in [-0.2, 0) is 0 Å². The van der Waals surface area contributed by atoms with Crippen LogP contribution < -0.4 is 0 Å². The Morgan fingerprint density at radius 2 is 1.15 bits per heavy atom. The smallest absolute Gasteiger partial charge is 0.101 e. The molecule has 2 nitrogen and oxygen atoms in total. The molecule has 0 saturated heterocycles. The Labute approximate surface area is 119 Å². The summed E-state index contributed by atoms with van der Waals surface area (Å²) in [4.78, 5) is 0. The van der Waals surface area contributed by atoms with E-state index in [0.717, 1.165) is 22.3 Å². The van der Waals surface area contributed by atoms with Crippen LogP contribution in [0.1, 0.15) is 22.3 Å². The highest BCUT2D eigenvalue weighted by molar-refractivity contribution is 6.02. The molecule has 0 saturated carbocycles. The van der Waals surface area contributed by atoms with Crippen LogP contribution >= 0.6 is 0 Å². The summed E-state index contributed by atoms with van der Waals surface area (Å²) in [5.74, 6) is 0. The predicted octanol–water partition coefficient (Wildman–Crippen LogP) is 4.26. The first-order valence-corrected chi connectivity index (χ1v) is 6.34. The Balaban J connectivity index is 2.67. The molecule has 0 bridgehead atoms. The van der Waals surface area contributed by atoms with Crippen molar-refractivity contribution in [3.05, 3.63) is 70.8 Å². The average Bonchev–Trinajstić information content (AvgIpc) is 2.44. The van der Waals surface area contributed by atoms with Crippen LogP contribution in [0.25, 0.3) is 11.1 Å². The molecular weight excluding hydrogens is 244 g/mol. The Bertz CT molecular complexity index is 690. The van der Waals surface area contributed by atoms with Crippen LogP contribution in [0.5, 0.6) is 0 Å². The summed E-state index contributed by atoms with van der Waals surface area (Å²) in [7, 11) is 0. The van der Waals surface area contributed by atoms with Gasteiger partial charge < -0.3 is 0 Å². The number of rotatable bonds is 2. The standard InChI is InChI=1S/C18H14N2/c1-13-5-3-7-15(9-13)17(11-19)18(12-20)16-8-4-6-14(2)10-16/h3-10H,1-2H3/b18-17-. The molecule has 0 radical (unpaired) electrons. The fourth-order valence-corrected chi connectivity index (χ4v) is 2.13. The maximum absolute atomic E-state index is 9.44. The molecule has 0 spiro atoms. The highest BCUT2D eigenvalue weighted by Crippen LogP contribution is 2.26. The molecule has 0 aliphatic rings. The third kappa shape index (κ3) is 2.76. The van der Waals surface area contributed by atoms with Crippen LogP contribution in [-0.4, -0.2) is 0 Å². The van der Waals surface area contributed by atoms with E-state index in [0.29, 0.717) is 11.1 Å². The number of hydrogen-bond acceptors (Lipinski definition) is 2. The van der Waals surface area contributed by atoms with Crippen molar-refractivity contribution in [2.75, 3.05) is 0 Å². The van der Waals surface area contributed by atoms with Crippen molar-refractivity contribution in [1.29, 1.82) is 10.5 Å². The van der Waals surface area contributed by atoms with Gasteiger partial charge in [0.15, 0.2) is 0 Å². The Morgan fingerprint density at radius 1 is 0.750 bits per heavy atom. The summed E-state index contributed by atoms with van der Waals surface area (Å²) >= 11 is 0. The van der Waals surface area contributed by atoms with Gasteiger partial charge in [0.2, 0.25) is 0 Å². The van der Waals surface area contributed by atoms with Gasteiger partial charge in [0.1, 0.15) is 12.1 Å². The number of benzene rings is 2. The van der Waals surface area contributed by atoms with E-state index in [-0.39, 0.29) is 0 Å². The van der Waals surface area contributed by atoms with Crippen molar-refractivity contribution in [3.8, 4) is 12.1 Å². The first-order valence-electron chi connectivity index (χ1n) is 6.34. The van der Waals surface area contributed by atoms with Crippen molar-refractivity contribution >= 4 is 11.1 Å². The molecule has 0 heterocycles. The van der Waals surface area contributed by atoms with E-state index in [2.05, 4.69) is 12.1 Å². The topological polar surface area (TPSA) is 47.6 Å². The van der Waals surface area contributed by atoms with Crippen molar-refractivity contribution in [2.24, 2.45) is 0 Å². The molecule has 2 heteroatoms. The third-order valence-electron chi connectivity index (χ3n) is 3.09. The van der Waals surface area contributed by atoms with Gasteiger partial charge in [-0.2, -0.15) is 10.5 Å². The fourth-order valence-electron chi connectivity index (χ4n) is 2.13. The first-order chi connectivity index (χ1) is 9.65. The predicted molar refractivity (Wildman–Crippen MR) is 80.4 cm³/mol. The highest BCUT2D eigenvalue weighted by atomic mass is 14.3. The first kappa shape index (κ1) is 13.6. The number of nitriles is 2. The lowest BCUT2D eigenvalue weighted by atomic mass is 9.95. The second-order valence-electron chi connectivity index (χ2n) is 4.71. The zero-order chi connectivity index (χ0) is 14.5. The lowest BCUT2D eigenvalue weighted by Crippen LogP contribution is -1.90. The Kier molecular flexibility index (Phi) is 3.99. The molecule has 2 aromatic rings. The summed E-state index contributed by atoms with van der Waals surface area (Å²) in [5, 5.41) is 18.9. The van der Waals surface area contributed by atoms with Crippen molar-refractivity contribution < 1.29 is 0 Å². The third-order valence-corrected chi connectivity index (χ3v) is 3.09. The zero-order valence-corrected chi connectivity index (χ0v) is 11.5. The lowest BCUT2D eigenvalue weighted by Gasteiger charge is -2.06. The summed E-state index contributed by atoms with van der Waals surface area (Å²) in [5.41, 5.74) is 4.54. The summed E-state index contributed by atoms with van der Waals surface area (Å²) in [6.45, 7) is 3.94. The van der Waals surface area contributed by atoms with Crippen LogP contribution in [0.3, 0.4) is 0 Å². The maximum atomic E-state index is 9.44. The van der Waals surface area contributed by atoms with Crippen LogP contribution in [0.2, 0.25) is 0 Å². The molecule has 2 rings (SSSR count). The van der Waals surface area contributed by atoms with E-state index >= 15 is 0 Å². The Morgan fingerprint density at radius 3 is 1.45 bits per heavy atom. The Hall–Kier alpha value is -2.84. The van der Waals surface area contributed by atoms with Crippen LogP contribution in [0.15, 0.2) is 48.5 Å². The normalized spacial score (nSPS) is 11.2. The average molecular weight is 258 g/mol. The number of allylic oxidation sites excluding steroid dienone is 2. The van der Waals surface area contributed by atoms with Gasteiger partial charge in [-0.05, 0) is 25.0 Å². The van der Waals surface area contributed by atoms with Gasteiger partial charge in [0, 0.05) is 0 Å². The van der Waals surface area contributed by atoms with Gasteiger partial charge in [-0.25, -0.2) is 0 Å². The second kappa shape index (κ2) is 5.87. The quantitative estimate of drug-likeness (QED) is 0.596. The summed E-state index contributed by atoms with van der Waals surface area (Å²) in [6.07, 6.45) is 0. The molecule has 20 heavy (non-hydrogen) atoms. The molecule has 0 fully saturated rings. The minimum atomic E-state index is 0.418. The van der Waals surface area contributed by atoms with Crippen LogP contribution in [0, 0.1) is 36.5 Å². The molecule has 0 atom stereocenters. The molecule has 0 aromatic heterocycles. The van der Waals surface area contributed by atoms with Crippen LogP contribution in [0.4, 0.5) is 0 Å². The second-order valence-corrected chi connectivity index (χ2v) is 4.71. The maximum Gasteiger partial charge on any atom is 0.101 e. The minimum absolute atomic E-state index is 0.418. The van der Waals surface area contributed by atoms with Crippen molar-refractivity contribution in [2.45, 2.75) is 13.8 Å². The SMILES string of the molecule is Cc1cccc(/C(C#N)=C(/C#N)c2cccc(C)c2)c1. The van der Waals surface area contributed by atoms with Gasteiger partial charge >= 0.3 is 0 Å². The fraction of sp³-hybridized carbons (Fsp3) is 0.111. The van der Waals surface area contributed by atoms with E-state index in [1.165, 1.54) is 0 Å². The van der Waals surface area contributed by atoms with E-state index in [9.17, 15) is 10.5 Å². The largest absolute Gasteiger partial charge is 0.192 e. The molecule has 0 amide bonds. The molecule has 0 aliphatic carbocycles. The molecule has 0 aliphatic heterocycles. The number of aryl methyl sites for hydroxylation is 2. The minimum Gasteiger partial charge on any atom is -0.192 e. The molecule has 0 N–H and O–H groups in total. The highest BCUT2D eigenvalue weighted by Gasteiger charge is 2.11. The lowest BCUT2D eigenvalue weighted by molar-refractivity contribution is 1.43. The summed E-state index contributed by atoms with van der Waals surface area (Å²) in [6, 6.07) is 19.6. The molecule has 2 aromatic carbocycles. The van der Waals surface area contributed by atoms with Crippen molar-refractivity contribution in [1.82, 2.24) is 0 Å². The van der Waals surface area contributed by atoms with E-state index in [1.807, 2.05) is 62.4 Å². The van der Waals surface area contributed by atoms with Crippen molar-refractivity contribution in [3.63, 3.8) is 0 Å². The molecule has 0 unspecified atom stereocenters. The summed E-state index contributed by atoms with van der Waals surface area (Å²) < 4.78 is 0. The van der Waals surface area contributed by atoms with Gasteiger partial charge in [-0.1, -0.05) is 59.7 Å². The molecule has 96 valence electrons. The monoisotopic (exact) mass is 258 g/mol. The van der Waals surface area contributed by atoms with Gasteiger partial charge in [-0.3, -0.25) is 0 Å². The molecular formula is C18H14N2. The van der Waals surface area contributed by atoms with Gasteiger partial charge in [0.25, 0.3) is 0 Å². The van der Waals surface area contributed by atoms with Gasteiger partial charge in [0.05, 0.1) is 11.1 Å².